The van der Waals surface area contributed by atoms with Crippen LogP contribution in [-0.4, -0.2) is 23.4 Å². The number of halogens is 1. The molecular formula is C16H22BrN3O. The Morgan fingerprint density at radius 1 is 1.33 bits per heavy atom. The summed E-state index contributed by atoms with van der Waals surface area (Å²) in [6.07, 6.45) is 0.887. The molecule has 1 atom stereocenters. The molecule has 21 heavy (non-hydrogen) atoms. The van der Waals surface area contributed by atoms with Crippen LogP contribution in [0.2, 0.25) is 0 Å². The first-order valence-electron chi connectivity index (χ1n) is 7.12. The smallest absolute Gasteiger partial charge is 0.118 e. The van der Waals surface area contributed by atoms with Gasteiger partial charge in [-0.25, -0.2) is 0 Å². The Morgan fingerprint density at radius 3 is 2.48 bits per heavy atom. The lowest BCUT2D eigenvalue weighted by Gasteiger charge is -2.19. The summed E-state index contributed by atoms with van der Waals surface area (Å²) in [4.78, 5) is 0. The van der Waals surface area contributed by atoms with E-state index in [4.69, 9.17) is 4.74 Å². The molecule has 0 saturated carbocycles. The van der Waals surface area contributed by atoms with E-state index in [1.807, 2.05) is 30.8 Å². The normalized spacial score (nSPS) is 12.4. The molecule has 0 fully saturated rings. The maximum absolute atomic E-state index is 5.23. The van der Waals surface area contributed by atoms with Gasteiger partial charge in [0.15, 0.2) is 0 Å². The van der Waals surface area contributed by atoms with Crippen LogP contribution in [0.3, 0.4) is 0 Å². The molecule has 2 aromatic rings. The number of methoxy groups -OCH3 is 1. The first kappa shape index (κ1) is 16.0. The minimum atomic E-state index is 0.256. The maximum Gasteiger partial charge on any atom is 0.118 e. The van der Waals surface area contributed by atoms with E-state index in [2.05, 4.69) is 45.4 Å². The zero-order valence-corrected chi connectivity index (χ0v) is 14.6. The topological polar surface area (TPSA) is 39.1 Å². The average molecular weight is 352 g/mol. The number of ether oxygens (including phenoxy) is 1. The summed E-state index contributed by atoms with van der Waals surface area (Å²) >= 11 is 3.64. The molecule has 0 radical (unpaired) electrons. The van der Waals surface area contributed by atoms with Crippen LogP contribution in [0.15, 0.2) is 28.7 Å². The van der Waals surface area contributed by atoms with Crippen molar-refractivity contribution in [2.24, 2.45) is 7.05 Å². The number of benzene rings is 1. The molecule has 0 saturated heterocycles. The van der Waals surface area contributed by atoms with Gasteiger partial charge in [0, 0.05) is 19.5 Å². The number of rotatable bonds is 6. The van der Waals surface area contributed by atoms with Gasteiger partial charge in [-0.3, -0.25) is 4.68 Å². The fraction of sp³-hybridized carbons (Fsp3) is 0.438. The summed E-state index contributed by atoms with van der Waals surface area (Å²) in [6, 6.07) is 8.49. The third-order valence-electron chi connectivity index (χ3n) is 3.63. The molecule has 1 aromatic carbocycles. The summed E-state index contributed by atoms with van der Waals surface area (Å²) in [6.45, 7) is 5.06. The van der Waals surface area contributed by atoms with E-state index in [1.54, 1.807) is 7.11 Å². The van der Waals surface area contributed by atoms with Crippen LogP contribution in [0.1, 0.15) is 29.9 Å². The summed E-state index contributed by atoms with van der Waals surface area (Å²) in [5.41, 5.74) is 3.48. The van der Waals surface area contributed by atoms with Crippen LogP contribution >= 0.6 is 15.9 Å². The van der Waals surface area contributed by atoms with Crippen LogP contribution in [0, 0.1) is 6.92 Å². The van der Waals surface area contributed by atoms with Gasteiger partial charge in [0.25, 0.3) is 0 Å². The fourth-order valence-electron chi connectivity index (χ4n) is 2.49. The third kappa shape index (κ3) is 3.66. The molecule has 4 nitrogen and oxygen atoms in total. The average Bonchev–Trinajstić information content (AvgIpc) is 2.73. The Bertz CT molecular complexity index is 592. The number of aromatic nitrogens is 2. The zero-order chi connectivity index (χ0) is 15.4. The largest absolute Gasteiger partial charge is 0.497 e. The molecular weight excluding hydrogens is 330 g/mol. The third-order valence-corrected chi connectivity index (χ3v) is 4.66. The van der Waals surface area contributed by atoms with Crippen molar-refractivity contribution in [1.29, 1.82) is 0 Å². The molecule has 1 aromatic heterocycles. The predicted molar refractivity (Wildman–Crippen MR) is 88.8 cm³/mol. The number of nitrogens with one attached hydrogen (secondary N) is 1. The second-order valence-corrected chi connectivity index (χ2v) is 5.85. The molecule has 0 aliphatic carbocycles. The van der Waals surface area contributed by atoms with E-state index in [0.29, 0.717) is 0 Å². The highest BCUT2D eigenvalue weighted by Gasteiger charge is 2.17. The van der Waals surface area contributed by atoms with Crippen molar-refractivity contribution in [1.82, 2.24) is 15.1 Å². The molecule has 0 spiro atoms. The van der Waals surface area contributed by atoms with Gasteiger partial charge < -0.3 is 10.1 Å². The van der Waals surface area contributed by atoms with Crippen molar-refractivity contribution in [3.8, 4) is 5.75 Å². The summed E-state index contributed by atoms with van der Waals surface area (Å²) in [7, 11) is 3.68. The minimum absolute atomic E-state index is 0.256. The highest BCUT2D eigenvalue weighted by Crippen LogP contribution is 2.27. The van der Waals surface area contributed by atoms with Crippen molar-refractivity contribution in [3.63, 3.8) is 0 Å². The molecule has 0 aliphatic heterocycles. The molecule has 5 heteroatoms. The molecule has 2 rings (SSSR count). The van der Waals surface area contributed by atoms with Gasteiger partial charge in [0.1, 0.15) is 5.75 Å². The lowest BCUT2D eigenvalue weighted by atomic mass is 10.0. The van der Waals surface area contributed by atoms with E-state index < -0.39 is 0 Å². The Labute approximate surface area is 134 Å². The van der Waals surface area contributed by atoms with Crippen LogP contribution in [-0.2, 0) is 13.5 Å². The van der Waals surface area contributed by atoms with Crippen LogP contribution in [0.4, 0.5) is 0 Å². The molecule has 1 unspecified atom stereocenters. The van der Waals surface area contributed by atoms with Crippen LogP contribution in [0.25, 0.3) is 0 Å². The van der Waals surface area contributed by atoms with Gasteiger partial charge in [-0.15, -0.1) is 0 Å². The summed E-state index contributed by atoms with van der Waals surface area (Å²) < 4.78 is 8.28. The van der Waals surface area contributed by atoms with Crippen molar-refractivity contribution < 1.29 is 4.74 Å². The highest BCUT2D eigenvalue weighted by atomic mass is 79.9. The lowest BCUT2D eigenvalue weighted by molar-refractivity contribution is 0.414. The number of nitrogens with zero attached hydrogens (tertiary/aromatic N) is 2. The van der Waals surface area contributed by atoms with Gasteiger partial charge in [0.2, 0.25) is 0 Å². The number of hydrogen-bond donors (Lipinski definition) is 1. The summed E-state index contributed by atoms with van der Waals surface area (Å²) in [5, 5.41) is 8.01. The SMILES string of the molecule is CCNC(Cc1c(Br)c(C)nn1C)c1ccc(OC)cc1. The van der Waals surface area contributed by atoms with Crippen molar-refractivity contribution in [2.75, 3.05) is 13.7 Å². The van der Waals surface area contributed by atoms with Crippen molar-refractivity contribution >= 4 is 15.9 Å². The van der Waals surface area contributed by atoms with Gasteiger partial charge in [0.05, 0.1) is 23.0 Å². The van der Waals surface area contributed by atoms with Gasteiger partial charge >= 0.3 is 0 Å². The maximum atomic E-state index is 5.23. The summed E-state index contributed by atoms with van der Waals surface area (Å²) in [5.74, 6) is 0.881. The number of aryl methyl sites for hydroxylation is 2. The minimum Gasteiger partial charge on any atom is -0.497 e. The van der Waals surface area contributed by atoms with E-state index in [9.17, 15) is 0 Å². The highest BCUT2D eigenvalue weighted by molar-refractivity contribution is 9.10. The second-order valence-electron chi connectivity index (χ2n) is 5.06. The Morgan fingerprint density at radius 2 is 2.00 bits per heavy atom. The van der Waals surface area contributed by atoms with Crippen molar-refractivity contribution in [3.05, 3.63) is 45.7 Å². The number of likely N-dealkylation sites (N-methyl/N-ethyl adjacent to an activating group) is 1. The van der Waals surface area contributed by atoms with Crippen molar-refractivity contribution in [2.45, 2.75) is 26.3 Å². The second kappa shape index (κ2) is 7.09. The first-order chi connectivity index (χ1) is 10.1. The molecule has 1 heterocycles. The molecule has 1 N–H and O–H groups in total. The Hall–Kier alpha value is -1.33. The van der Waals surface area contributed by atoms with E-state index in [1.165, 1.54) is 11.3 Å². The molecule has 0 bridgehead atoms. The monoisotopic (exact) mass is 351 g/mol. The lowest BCUT2D eigenvalue weighted by Crippen LogP contribution is -2.24. The Balaban J connectivity index is 2.25. The van der Waals surface area contributed by atoms with E-state index in [0.717, 1.165) is 28.9 Å². The Kier molecular flexibility index (Phi) is 5.42. The van der Waals surface area contributed by atoms with Gasteiger partial charge in [-0.2, -0.15) is 5.10 Å². The van der Waals surface area contributed by atoms with Gasteiger partial charge in [-0.05, 0) is 47.1 Å². The van der Waals surface area contributed by atoms with Gasteiger partial charge in [-0.1, -0.05) is 19.1 Å². The zero-order valence-electron chi connectivity index (χ0n) is 13.0. The molecule has 0 aliphatic rings. The standard InChI is InChI=1S/C16H22BrN3O/c1-5-18-14(12-6-8-13(21-4)9-7-12)10-15-16(17)11(2)19-20(15)3/h6-9,14,18H,5,10H2,1-4H3. The predicted octanol–water partition coefficient (Wildman–Crippen LogP) is 3.39. The van der Waals surface area contributed by atoms with Crippen LogP contribution in [0.5, 0.6) is 5.75 Å². The number of hydrogen-bond acceptors (Lipinski definition) is 3. The van der Waals surface area contributed by atoms with E-state index in [-0.39, 0.29) is 6.04 Å². The fourth-order valence-corrected chi connectivity index (χ4v) is 2.98. The molecule has 0 amide bonds. The van der Waals surface area contributed by atoms with Crippen LogP contribution < -0.4 is 10.1 Å². The quantitative estimate of drug-likeness (QED) is 0.866. The van der Waals surface area contributed by atoms with E-state index >= 15 is 0 Å². The first-order valence-corrected chi connectivity index (χ1v) is 7.91. The molecule has 114 valence electrons.